The van der Waals surface area contributed by atoms with Crippen molar-refractivity contribution in [3.05, 3.63) is 72.3 Å². The highest BCUT2D eigenvalue weighted by Crippen LogP contribution is 2.27. The molecular weight excluding hydrogens is 382 g/mol. The Labute approximate surface area is 161 Å². The van der Waals surface area contributed by atoms with Crippen LogP contribution in [-0.4, -0.2) is 31.7 Å². The fourth-order valence-corrected chi connectivity index (χ4v) is 3.71. The molecule has 8 heteroatoms. The normalized spacial score (nSPS) is 11.0. The predicted molar refractivity (Wildman–Crippen MR) is 104 cm³/mol. The number of carbonyl (C=O) groups is 1. The first-order valence-electron chi connectivity index (χ1n) is 8.14. The van der Waals surface area contributed by atoms with Crippen LogP contribution < -0.4 is 9.46 Å². The molecule has 3 N–H and O–H groups in total. The smallest absolute Gasteiger partial charge is 0.339 e. The third-order valence-electron chi connectivity index (χ3n) is 4.05. The summed E-state index contributed by atoms with van der Waals surface area (Å²) in [4.78, 5) is 11.0. The molecule has 0 saturated carbocycles. The lowest BCUT2D eigenvalue weighted by Crippen LogP contribution is -2.13. The minimum atomic E-state index is -3.94. The zero-order valence-electron chi connectivity index (χ0n) is 14.8. The number of carboxylic acid groups (broad SMARTS) is 1. The Balaban J connectivity index is 1.89. The number of carboxylic acids is 1. The van der Waals surface area contributed by atoms with Gasteiger partial charge in [0.2, 0.25) is 0 Å². The lowest BCUT2D eigenvalue weighted by atomic mass is 10.1. The molecule has 0 heterocycles. The van der Waals surface area contributed by atoms with Gasteiger partial charge in [0, 0.05) is 6.07 Å². The minimum Gasteiger partial charge on any atom is -0.507 e. The van der Waals surface area contributed by atoms with Crippen molar-refractivity contribution >= 4 is 21.7 Å². The first kappa shape index (κ1) is 19.2. The maximum absolute atomic E-state index is 12.7. The van der Waals surface area contributed by atoms with Gasteiger partial charge < -0.3 is 14.9 Å². The summed E-state index contributed by atoms with van der Waals surface area (Å²) < 4.78 is 32.8. The van der Waals surface area contributed by atoms with Crippen molar-refractivity contribution in [1.82, 2.24) is 0 Å². The van der Waals surface area contributed by atoms with Crippen molar-refractivity contribution in [2.75, 3.05) is 11.8 Å². The maximum atomic E-state index is 12.7. The van der Waals surface area contributed by atoms with Crippen LogP contribution in [0.4, 0.5) is 5.69 Å². The summed E-state index contributed by atoms with van der Waals surface area (Å²) in [5.74, 6) is -1.14. The van der Waals surface area contributed by atoms with Crippen LogP contribution in [0.1, 0.15) is 10.4 Å². The quantitative estimate of drug-likeness (QED) is 0.584. The summed E-state index contributed by atoms with van der Waals surface area (Å²) in [6.45, 7) is 0. The summed E-state index contributed by atoms with van der Waals surface area (Å²) in [5.41, 5.74) is 1.26. The molecule has 0 amide bonds. The number of nitrogens with one attached hydrogen (secondary N) is 1. The summed E-state index contributed by atoms with van der Waals surface area (Å²) in [5, 5.41) is 18.7. The van der Waals surface area contributed by atoms with E-state index in [2.05, 4.69) is 4.72 Å². The van der Waals surface area contributed by atoms with E-state index in [9.17, 15) is 18.3 Å². The van der Waals surface area contributed by atoms with Gasteiger partial charge in [0.05, 0.1) is 17.7 Å². The topological polar surface area (TPSA) is 113 Å². The van der Waals surface area contributed by atoms with Gasteiger partial charge in [-0.05, 0) is 47.5 Å². The molecule has 7 nitrogen and oxygen atoms in total. The summed E-state index contributed by atoms with van der Waals surface area (Å²) in [6.07, 6.45) is 0. The number of aromatic hydroxyl groups is 1. The number of phenols is 1. The third kappa shape index (κ3) is 4.07. The zero-order chi connectivity index (χ0) is 20.3. The molecule has 0 spiro atoms. The van der Waals surface area contributed by atoms with E-state index >= 15 is 0 Å². The molecule has 3 aromatic rings. The Morgan fingerprint density at radius 1 is 0.964 bits per heavy atom. The van der Waals surface area contributed by atoms with Crippen molar-refractivity contribution < 1.29 is 28.2 Å². The summed E-state index contributed by atoms with van der Waals surface area (Å²) in [6, 6.07) is 17.0. The van der Waals surface area contributed by atoms with E-state index in [0.29, 0.717) is 11.3 Å². The molecular formula is C20H17NO6S. The number of rotatable bonds is 6. The molecule has 0 aromatic heterocycles. The molecule has 0 fully saturated rings. The SMILES string of the molecule is COc1ccc(-c2cccc(S(=O)(=O)Nc3ccc(C(=O)O)c(O)c3)c2)cc1. The number of aromatic carboxylic acids is 1. The van der Waals surface area contributed by atoms with Crippen molar-refractivity contribution in [3.63, 3.8) is 0 Å². The van der Waals surface area contributed by atoms with Gasteiger partial charge in [-0.3, -0.25) is 4.72 Å². The molecule has 0 atom stereocenters. The Kier molecular flexibility index (Phi) is 5.23. The van der Waals surface area contributed by atoms with E-state index < -0.39 is 21.7 Å². The fourth-order valence-electron chi connectivity index (χ4n) is 2.62. The van der Waals surface area contributed by atoms with Gasteiger partial charge in [-0.2, -0.15) is 0 Å². The van der Waals surface area contributed by atoms with Gasteiger partial charge in [-0.25, -0.2) is 13.2 Å². The molecule has 0 bridgehead atoms. The maximum Gasteiger partial charge on any atom is 0.339 e. The van der Waals surface area contributed by atoms with Crippen LogP contribution in [0.15, 0.2) is 71.6 Å². The van der Waals surface area contributed by atoms with Crippen LogP contribution >= 0.6 is 0 Å². The Hall–Kier alpha value is -3.52. The number of sulfonamides is 1. The van der Waals surface area contributed by atoms with Crippen molar-refractivity contribution in [2.24, 2.45) is 0 Å². The first-order valence-corrected chi connectivity index (χ1v) is 9.62. The van der Waals surface area contributed by atoms with E-state index in [0.717, 1.165) is 17.7 Å². The molecule has 3 rings (SSSR count). The van der Waals surface area contributed by atoms with Crippen LogP contribution in [0.3, 0.4) is 0 Å². The number of hydrogen-bond acceptors (Lipinski definition) is 5. The van der Waals surface area contributed by atoms with E-state index in [1.807, 2.05) is 12.1 Å². The number of methoxy groups -OCH3 is 1. The van der Waals surface area contributed by atoms with Gasteiger partial charge >= 0.3 is 5.97 Å². The second kappa shape index (κ2) is 7.61. The Morgan fingerprint density at radius 3 is 2.29 bits per heavy atom. The van der Waals surface area contributed by atoms with E-state index in [-0.39, 0.29) is 16.1 Å². The second-order valence-corrected chi connectivity index (χ2v) is 7.58. The lowest BCUT2D eigenvalue weighted by Gasteiger charge is -2.11. The average Bonchev–Trinajstić information content (AvgIpc) is 2.67. The minimum absolute atomic E-state index is 0.0302. The molecule has 0 unspecified atom stereocenters. The molecule has 0 aliphatic carbocycles. The van der Waals surface area contributed by atoms with Crippen molar-refractivity contribution in [1.29, 1.82) is 0 Å². The summed E-state index contributed by atoms with van der Waals surface area (Å²) >= 11 is 0. The molecule has 28 heavy (non-hydrogen) atoms. The van der Waals surface area contributed by atoms with Gasteiger partial charge in [0.1, 0.15) is 17.1 Å². The van der Waals surface area contributed by atoms with Crippen LogP contribution in [-0.2, 0) is 10.0 Å². The molecule has 3 aromatic carbocycles. The predicted octanol–water partition coefficient (Wildman–Crippen LogP) is 3.57. The highest BCUT2D eigenvalue weighted by molar-refractivity contribution is 7.92. The van der Waals surface area contributed by atoms with Crippen LogP contribution in [0.25, 0.3) is 11.1 Å². The first-order chi connectivity index (χ1) is 13.3. The van der Waals surface area contributed by atoms with Crippen molar-refractivity contribution in [2.45, 2.75) is 4.90 Å². The molecule has 0 saturated heterocycles. The highest BCUT2D eigenvalue weighted by atomic mass is 32.2. The molecule has 0 aliphatic heterocycles. The number of benzene rings is 3. The standard InChI is InChI=1S/C20H17NO6S/c1-27-16-8-5-13(6-9-16)14-3-2-4-17(11-14)28(25,26)21-15-7-10-18(20(23)24)19(22)12-15/h2-12,21-22H,1H3,(H,23,24). The van der Waals surface area contributed by atoms with Crippen LogP contribution in [0.2, 0.25) is 0 Å². The van der Waals surface area contributed by atoms with Crippen LogP contribution in [0, 0.1) is 0 Å². The van der Waals surface area contributed by atoms with E-state index in [1.54, 1.807) is 31.4 Å². The monoisotopic (exact) mass is 399 g/mol. The number of anilines is 1. The summed E-state index contributed by atoms with van der Waals surface area (Å²) in [7, 11) is -2.38. The van der Waals surface area contributed by atoms with Gasteiger partial charge in [0.25, 0.3) is 10.0 Å². The van der Waals surface area contributed by atoms with Crippen LogP contribution in [0.5, 0.6) is 11.5 Å². The molecule has 0 aliphatic rings. The van der Waals surface area contributed by atoms with E-state index in [1.165, 1.54) is 18.2 Å². The van der Waals surface area contributed by atoms with Gasteiger partial charge in [0.15, 0.2) is 0 Å². The Morgan fingerprint density at radius 2 is 1.68 bits per heavy atom. The van der Waals surface area contributed by atoms with E-state index in [4.69, 9.17) is 9.84 Å². The number of ether oxygens (including phenoxy) is 1. The van der Waals surface area contributed by atoms with Gasteiger partial charge in [-0.15, -0.1) is 0 Å². The van der Waals surface area contributed by atoms with Crippen molar-refractivity contribution in [3.8, 4) is 22.6 Å². The molecule has 144 valence electrons. The third-order valence-corrected chi connectivity index (χ3v) is 5.43. The Bertz CT molecular complexity index is 1120. The molecule has 0 radical (unpaired) electrons. The van der Waals surface area contributed by atoms with Gasteiger partial charge in [-0.1, -0.05) is 24.3 Å². The average molecular weight is 399 g/mol. The highest BCUT2D eigenvalue weighted by Gasteiger charge is 2.17. The lowest BCUT2D eigenvalue weighted by molar-refractivity contribution is 0.0694. The zero-order valence-corrected chi connectivity index (χ0v) is 15.6. The largest absolute Gasteiger partial charge is 0.507 e. The second-order valence-electron chi connectivity index (χ2n) is 5.90. The fraction of sp³-hybridized carbons (Fsp3) is 0.0500. The number of hydrogen-bond donors (Lipinski definition) is 3.